The van der Waals surface area contributed by atoms with Gasteiger partial charge in [0.25, 0.3) is 5.91 Å². The number of hydrogen-bond donors (Lipinski definition) is 0. The molecule has 1 aromatic carbocycles. The number of hydrogen-bond acceptors (Lipinski definition) is 3. The molecule has 0 spiro atoms. The van der Waals surface area contributed by atoms with Crippen molar-refractivity contribution in [2.75, 3.05) is 39.3 Å². The Balaban J connectivity index is 1.53. The minimum Gasteiger partial charge on any atom is -0.377 e. The number of ether oxygens (including phenoxy) is 1. The highest BCUT2D eigenvalue weighted by molar-refractivity contribution is 5.94. The van der Waals surface area contributed by atoms with E-state index in [1.807, 2.05) is 23.1 Å². The summed E-state index contributed by atoms with van der Waals surface area (Å²) in [5.74, 6) is 0.167. The smallest absolute Gasteiger partial charge is 0.253 e. The van der Waals surface area contributed by atoms with E-state index in [2.05, 4.69) is 18.7 Å². The van der Waals surface area contributed by atoms with Crippen molar-refractivity contribution in [1.29, 1.82) is 0 Å². The molecular weight excluding hydrogens is 276 g/mol. The predicted molar refractivity (Wildman–Crippen MR) is 87.2 cm³/mol. The molecule has 2 fully saturated rings. The molecule has 2 aliphatic heterocycles. The number of benzene rings is 1. The zero-order chi connectivity index (χ0) is 15.5. The van der Waals surface area contributed by atoms with Gasteiger partial charge in [-0.05, 0) is 49.9 Å². The fourth-order valence-corrected chi connectivity index (χ4v) is 3.27. The summed E-state index contributed by atoms with van der Waals surface area (Å²) in [7, 11) is 0. The first-order valence-electron chi connectivity index (χ1n) is 8.34. The molecule has 0 N–H and O–H groups in total. The van der Waals surface area contributed by atoms with Crippen LogP contribution in [0.3, 0.4) is 0 Å². The summed E-state index contributed by atoms with van der Waals surface area (Å²) in [6, 6.07) is 6.00. The Hall–Kier alpha value is -1.39. The zero-order valence-electron chi connectivity index (χ0n) is 13.7. The summed E-state index contributed by atoms with van der Waals surface area (Å²) in [5.41, 5.74) is 3.23. The molecule has 0 aromatic heterocycles. The lowest BCUT2D eigenvalue weighted by atomic mass is 10.1. The van der Waals surface area contributed by atoms with Crippen LogP contribution in [0.2, 0.25) is 0 Å². The Kier molecular flexibility index (Phi) is 4.79. The first kappa shape index (κ1) is 15.5. The van der Waals surface area contributed by atoms with Gasteiger partial charge < -0.3 is 9.64 Å². The van der Waals surface area contributed by atoms with Crippen LogP contribution in [-0.2, 0) is 4.74 Å². The third-order valence-corrected chi connectivity index (χ3v) is 4.90. The van der Waals surface area contributed by atoms with Gasteiger partial charge in [0, 0.05) is 44.9 Å². The van der Waals surface area contributed by atoms with E-state index in [9.17, 15) is 4.79 Å². The second-order valence-corrected chi connectivity index (χ2v) is 6.53. The average molecular weight is 302 g/mol. The topological polar surface area (TPSA) is 32.8 Å². The first-order valence-corrected chi connectivity index (χ1v) is 8.34. The molecule has 0 radical (unpaired) electrons. The van der Waals surface area contributed by atoms with Gasteiger partial charge in [-0.2, -0.15) is 0 Å². The van der Waals surface area contributed by atoms with Crippen molar-refractivity contribution in [2.45, 2.75) is 32.8 Å². The van der Waals surface area contributed by atoms with Gasteiger partial charge in [-0.15, -0.1) is 0 Å². The number of aryl methyl sites for hydroxylation is 2. The van der Waals surface area contributed by atoms with Crippen molar-refractivity contribution in [3.05, 3.63) is 34.9 Å². The van der Waals surface area contributed by atoms with Crippen LogP contribution in [0.15, 0.2) is 18.2 Å². The van der Waals surface area contributed by atoms with Gasteiger partial charge >= 0.3 is 0 Å². The monoisotopic (exact) mass is 302 g/mol. The summed E-state index contributed by atoms with van der Waals surface area (Å²) >= 11 is 0. The van der Waals surface area contributed by atoms with E-state index in [-0.39, 0.29) is 5.91 Å². The minimum absolute atomic E-state index is 0.167. The van der Waals surface area contributed by atoms with Crippen molar-refractivity contribution < 1.29 is 9.53 Å². The minimum atomic E-state index is 0.167. The Morgan fingerprint density at radius 3 is 2.59 bits per heavy atom. The molecule has 120 valence electrons. The van der Waals surface area contributed by atoms with E-state index >= 15 is 0 Å². The Morgan fingerprint density at radius 2 is 1.95 bits per heavy atom. The molecule has 0 bridgehead atoms. The number of nitrogens with zero attached hydrogens (tertiary/aromatic N) is 2. The number of carbonyl (C=O) groups is 1. The number of piperazine rings is 1. The summed E-state index contributed by atoms with van der Waals surface area (Å²) in [5, 5.41) is 0. The van der Waals surface area contributed by atoms with Crippen molar-refractivity contribution >= 4 is 5.91 Å². The molecule has 1 aromatic rings. The van der Waals surface area contributed by atoms with Crippen LogP contribution >= 0.6 is 0 Å². The highest BCUT2D eigenvalue weighted by Crippen LogP contribution is 2.16. The van der Waals surface area contributed by atoms with Gasteiger partial charge in [-0.25, -0.2) is 0 Å². The lowest BCUT2D eigenvalue weighted by Crippen LogP contribution is -2.50. The van der Waals surface area contributed by atoms with E-state index in [0.717, 1.165) is 44.9 Å². The average Bonchev–Trinajstić information content (AvgIpc) is 3.03. The fraction of sp³-hybridized carbons (Fsp3) is 0.611. The summed E-state index contributed by atoms with van der Waals surface area (Å²) in [6.07, 6.45) is 2.78. The quantitative estimate of drug-likeness (QED) is 0.858. The van der Waals surface area contributed by atoms with Crippen molar-refractivity contribution in [2.24, 2.45) is 0 Å². The summed E-state index contributed by atoms with van der Waals surface area (Å²) < 4.78 is 5.70. The molecule has 4 nitrogen and oxygen atoms in total. The summed E-state index contributed by atoms with van der Waals surface area (Å²) in [4.78, 5) is 17.0. The highest BCUT2D eigenvalue weighted by Gasteiger charge is 2.25. The number of rotatable bonds is 3. The Bertz CT molecular complexity index is 530. The van der Waals surface area contributed by atoms with Gasteiger partial charge in [0.2, 0.25) is 0 Å². The largest absolute Gasteiger partial charge is 0.377 e. The molecule has 2 saturated heterocycles. The van der Waals surface area contributed by atoms with Crippen LogP contribution in [0.1, 0.15) is 34.3 Å². The maximum Gasteiger partial charge on any atom is 0.253 e. The van der Waals surface area contributed by atoms with Gasteiger partial charge in [0.15, 0.2) is 0 Å². The lowest BCUT2D eigenvalue weighted by molar-refractivity contribution is 0.0432. The standard InChI is InChI=1S/C18H26N2O2/c1-14-5-6-16(12-15(14)2)18(21)20-9-7-19(8-10-20)13-17-4-3-11-22-17/h5-6,12,17H,3-4,7-11,13H2,1-2H3. The van der Waals surface area contributed by atoms with Crippen molar-refractivity contribution in [3.63, 3.8) is 0 Å². The van der Waals surface area contributed by atoms with E-state index in [1.54, 1.807) is 0 Å². The molecule has 2 aliphatic rings. The molecule has 1 atom stereocenters. The van der Waals surface area contributed by atoms with Crippen LogP contribution in [0.4, 0.5) is 0 Å². The normalized spacial score (nSPS) is 23.0. The Morgan fingerprint density at radius 1 is 1.18 bits per heavy atom. The van der Waals surface area contributed by atoms with Crippen LogP contribution in [0.5, 0.6) is 0 Å². The molecule has 4 heteroatoms. The first-order chi connectivity index (χ1) is 10.6. The van der Waals surface area contributed by atoms with Crippen molar-refractivity contribution in [1.82, 2.24) is 9.80 Å². The predicted octanol–water partition coefficient (Wildman–Crippen LogP) is 2.24. The van der Waals surface area contributed by atoms with Gasteiger partial charge in [-0.3, -0.25) is 9.69 Å². The number of amides is 1. The van der Waals surface area contributed by atoms with E-state index in [4.69, 9.17) is 4.74 Å². The molecule has 0 saturated carbocycles. The lowest BCUT2D eigenvalue weighted by Gasteiger charge is -2.35. The van der Waals surface area contributed by atoms with Gasteiger partial charge in [0.1, 0.15) is 0 Å². The van der Waals surface area contributed by atoms with E-state index in [1.165, 1.54) is 24.0 Å². The van der Waals surface area contributed by atoms with E-state index in [0.29, 0.717) is 6.10 Å². The third kappa shape index (κ3) is 3.50. The third-order valence-electron chi connectivity index (χ3n) is 4.90. The second kappa shape index (κ2) is 6.80. The van der Waals surface area contributed by atoms with Crippen LogP contribution in [-0.4, -0.2) is 61.1 Å². The molecule has 3 rings (SSSR count). The number of carbonyl (C=O) groups excluding carboxylic acids is 1. The van der Waals surface area contributed by atoms with Crippen molar-refractivity contribution in [3.8, 4) is 0 Å². The van der Waals surface area contributed by atoms with Gasteiger partial charge in [-0.1, -0.05) is 6.07 Å². The highest BCUT2D eigenvalue weighted by atomic mass is 16.5. The fourth-order valence-electron chi connectivity index (χ4n) is 3.27. The molecular formula is C18H26N2O2. The SMILES string of the molecule is Cc1ccc(C(=O)N2CCN(CC3CCCO3)CC2)cc1C. The van der Waals surface area contributed by atoms with E-state index < -0.39 is 0 Å². The molecule has 0 aliphatic carbocycles. The second-order valence-electron chi connectivity index (χ2n) is 6.53. The van der Waals surface area contributed by atoms with Crippen LogP contribution in [0, 0.1) is 13.8 Å². The molecule has 2 heterocycles. The maximum atomic E-state index is 12.6. The zero-order valence-corrected chi connectivity index (χ0v) is 13.7. The van der Waals surface area contributed by atoms with Gasteiger partial charge in [0.05, 0.1) is 6.10 Å². The van der Waals surface area contributed by atoms with Crippen LogP contribution in [0.25, 0.3) is 0 Å². The van der Waals surface area contributed by atoms with Crippen LogP contribution < -0.4 is 0 Å². The molecule has 22 heavy (non-hydrogen) atoms. The molecule has 1 amide bonds. The Labute approximate surface area is 133 Å². The molecule has 1 unspecified atom stereocenters. The maximum absolute atomic E-state index is 12.6. The summed E-state index contributed by atoms with van der Waals surface area (Å²) in [6.45, 7) is 9.62.